The molecule has 2 heteroatoms. The summed E-state index contributed by atoms with van der Waals surface area (Å²) >= 11 is 0. The summed E-state index contributed by atoms with van der Waals surface area (Å²) in [5.74, 6) is 1.00. The van der Waals surface area contributed by atoms with Gasteiger partial charge in [0.2, 0.25) is 0 Å². The van der Waals surface area contributed by atoms with E-state index in [0.717, 1.165) is 18.5 Å². The number of likely N-dealkylation sites (tertiary alicyclic amines) is 1. The first-order valence-corrected chi connectivity index (χ1v) is 8.50. The number of fused-ring (bicyclic) bond motifs is 2. The van der Waals surface area contributed by atoms with Gasteiger partial charge in [-0.2, -0.15) is 0 Å². The van der Waals surface area contributed by atoms with Crippen molar-refractivity contribution >= 4 is 5.69 Å². The van der Waals surface area contributed by atoms with E-state index in [0.29, 0.717) is 0 Å². The molecule has 0 bridgehead atoms. The molecule has 2 aliphatic heterocycles. The van der Waals surface area contributed by atoms with Gasteiger partial charge in [0.15, 0.2) is 0 Å². The van der Waals surface area contributed by atoms with E-state index in [1.807, 2.05) is 0 Å². The highest BCUT2D eigenvalue weighted by atomic mass is 15.2. The first kappa shape index (κ1) is 12.7. The average molecular weight is 270 g/mol. The molecule has 2 unspecified atom stereocenters. The smallest absolute Gasteiger partial charge is 0.0372 e. The molecule has 1 saturated carbocycles. The fourth-order valence-electron chi connectivity index (χ4n) is 4.61. The predicted molar refractivity (Wildman–Crippen MR) is 84.0 cm³/mol. The van der Waals surface area contributed by atoms with E-state index in [1.54, 1.807) is 0 Å². The number of benzene rings is 1. The van der Waals surface area contributed by atoms with Crippen molar-refractivity contribution in [1.29, 1.82) is 0 Å². The van der Waals surface area contributed by atoms with E-state index in [4.69, 9.17) is 0 Å². The second-order valence-corrected chi connectivity index (χ2v) is 6.89. The van der Waals surface area contributed by atoms with E-state index in [9.17, 15) is 0 Å². The van der Waals surface area contributed by atoms with E-state index in [1.165, 1.54) is 74.8 Å². The lowest BCUT2D eigenvalue weighted by Gasteiger charge is -2.38. The van der Waals surface area contributed by atoms with Crippen LogP contribution in [0.1, 0.15) is 49.7 Å². The van der Waals surface area contributed by atoms with Crippen LogP contribution in [0.5, 0.6) is 0 Å². The van der Waals surface area contributed by atoms with Gasteiger partial charge in [0, 0.05) is 24.8 Å². The zero-order valence-electron chi connectivity index (χ0n) is 12.4. The molecule has 1 aromatic carbocycles. The van der Waals surface area contributed by atoms with Gasteiger partial charge >= 0.3 is 0 Å². The highest BCUT2D eigenvalue weighted by molar-refractivity contribution is 5.54. The summed E-state index contributed by atoms with van der Waals surface area (Å²) < 4.78 is 0. The number of aryl methyl sites for hydroxylation is 1. The maximum atomic E-state index is 3.52. The van der Waals surface area contributed by atoms with Gasteiger partial charge in [0.25, 0.3) is 0 Å². The zero-order valence-corrected chi connectivity index (χ0v) is 12.4. The third-order valence-corrected chi connectivity index (χ3v) is 5.60. The Morgan fingerprint density at radius 2 is 2.05 bits per heavy atom. The first-order chi connectivity index (χ1) is 9.90. The molecule has 0 radical (unpaired) electrons. The number of hydrogen-bond acceptors (Lipinski definition) is 2. The van der Waals surface area contributed by atoms with Crippen molar-refractivity contribution in [2.75, 3.05) is 18.4 Å². The van der Waals surface area contributed by atoms with Crippen LogP contribution < -0.4 is 5.32 Å². The zero-order chi connectivity index (χ0) is 13.4. The molecule has 0 spiro atoms. The fraction of sp³-hybridized carbons (Fsp3) is 0.667. The molecular weight excluding hydrogens is 244 g/mol. The van der Waals surface area contributed by atoms with Gasteiger partial charge in [-0.25, -0.2) is 0 Å². The summed E-state index contributed by atoms with van der Waals surface area (Å²) in [5.41, 5.74) is 4.44. The number of hydrogen-bond donors (Lipinski definition) is 1. The highest BCUT2D eigenvalue weighted by Gasteiger charge is 2.34. The minimum Gasteiger partial charge on any atom is -0.385 e. The van der Waals surface area contributed by atoms with E-state index in [-0.39, 0.29) is 0 Å². The van der Waals surface area contributed by atoms with Gasteiger partial charge in [0.05, 0.1) is 0 Å². The van der Waals surface area contributed by atoms with E-state index < -0.39 is 0 Å². The molecule has 2 fully saturated rings. The van der Waals surface area contributed by atoms with Crippen molar-refractivity contribution in [3.05, 3.63) is 29.3 Å². The Bertz CT molecular complexity index is 482. The minimum atomic E-state index is 0.887. The summed E-state index contributed by atoms with van der Waals surface area (Å²) in [6, 6.07) is 7.99. The molecule has 2 heterocycles. The predicted octanol–water partition coefficient (Wildman–Crippen LogP) is 3.81. The molecule has 108 valence electrons. The molecule has 0 aromatic heterocycles. The monoisotopic (exact) mass is 270 g/mol. The Balaban J connectivity index is 1.50. The van der Waals surface area contributed by atoms with Crippen LogP contribution in [0.4, 0.5) is 5.69 Å². The lowest BCUT2D eigenvalue weighted by molar-refractivity contribution is 0.106. The number of rotatable bonds is 2. The van der Waals surface area contributed by atoms with Crippen molar-refractivity contribution in [2.45, 2.75) is 57.5 Å². The number of anilines is 1. The number of nitrogens with one attached hydrogen (secondary N) is 1. The Hall–Kier alpha value is -1.02. The van der Waals surface area contributed by atoms with Crippen LogP contribution in [0.3, 0.4) is 0 Å². The van der Waals surface area contributed by atoms with Crippen LogP contribution in [0, 0.1) is 5.92 Å². The largest absolute Gasteiger partial charge is 0.385 e. The van der Waals surface area contributed by atoms with Gasteiger partial charge in [-0.15, -0.1) is 0 Å². The molecule has 4 rings (SSSR count). The van der Waals surface area contributed by atoms with Crippen molar-refractivity contribution < 1.29 is 0 Å². The Labute approximate surface area is 122 Å². The van der Waals surface area contributed by atoms with Gasteiger partial charge in [-0.1, -0.05) is 18.6 Å². The third-order valence-electron chi connectivity index (χ3n) is 5.60. The Kier molecular flexibility index (Phi) is 3.43. The number of nitrogens with zero attached hydrogens (tertiary/aromatic N) is 1. The lowest BCUT2D eigenvalue weighted by Crippen LogP contribution is -2.41. The Morgan fingerprint density at radius 3 is 3.05 bits per heavy atom. The minimum absolute atomic E-state index is 0.887. The summed E-state index contributed by atoms with van der Waals surface area (Å²) in [7, 11) is 0. The molecule has 1 N–H and O–H groups in total. The molecule has 1 aromatic rings. The van der Waals surface area contributed by atoms with Gasteiger partial charge in [0.1, 0.15) is 0 Å². The summed E-state index contributed by atoms with van der Waals surface area (Å²) in [6.45, 7) is 3.63. The number of piperidine rings is 1. The normalized spacial score (nSPS) is 29.6. The van der Waals surface area contributed by atoms with Gasteiger partial charge < -0.3 is 5.32 Å². The lowest BCUT2D eigenvalue weighted by atomic mass is 9.91. The SMILES string of the molecule is c1cc2c(cc1CN1CCCC3CCCC31)CCCN2. The van der Waals surface area contributed by atoms with Crippen LogP contribution >= 0.6 is 0 Å². The van der Waals surface area contributed by atoms with Crippen molar-refractivity contribution in [3.63, 3.8) is 0 Å². The average Bonchev–Trinajstić information content (AvgIpc) is 2.97. The molecule has 3 aliphatic rings. The molecule has 20 heavy (non-hydrogen) atoms. The Morgan fingerprint density at radius 1 is 1.10 bits per heavy atom. The molecule has 2 nitrogen and oxygen atoms in total. The van der Waals surface area contributed by atoms with Crippen LogP contribution in [-0.2, 0) is 13.0 Å². The highest BCUT2D eigenvalue weighted by Crippen LogP contribution is 2.37. The maximum Gasteiger partial charge on any atom is 0.0372 e. The van der Waals surface area contributed by atoms with Crippen LogP contribution in [0.2, 0.25) is 0 Å². The molecule has 2 atom stereocenters. The van der Waals surface area contributed by atoms with Crippen LogP contribution in [-0.4, -0.2) is 24.0 Å². The van der Waals surface area contributed by atoms with Crippen LogP contribution in [0.15, 0.2) is 18.2 Å². The fourth-order valence-corrected chi connectivity index (χ4v) is 4.61. The van der Waals surface area contributed by atoms with Crippen molar-refractivity contribution in [2.24, 2.45) is 5.92 Å². The third kappa shape index (κ3) is 2.35. The van der Waals surface area contributed by atoms with Gasteiger partial charge in [-0.3, -0.25) is 4.90 Å². The second-order valence-electron chi connectivity index (χ2n) is 6.89. The van der Waals surface area contributed by atoms with Crippen molar-refractivity contribution in [3.8, 4) is 0 Å². The first-order valence-electron chi connectivity index (χ1n) is 8.50. The van der Waals surface area contributed by atoms with Crippen LogP contribution in [0.25, 0.3) is 0 Å². The summed E-state index contributed by atoms with van der Waals surface area (Å²) in [5, 5.41) is 3.52. The molecule has 0 amide bonds. The van der Waals surface area contributed by atoms with E-state index >= 15 is 0 Å². The summed E-state index contributed by atoms with van der Waals surface area (Å²) in [6.07, 6.45) is 9.81. The quantitative estimate of drug-likeness (QED) is 0.879. The van der Waals surface area contributed by atoms with Gasteiger partial charge in [-0.05, 0) is 68.2 Å². The molecule has 1 aliphatic carbocycles. The van der Waals surface area contributed by atoms with E-state index in [2.05, 4.69) is 28.4 Å². The summed E-state index contributed by atoms with van der Waals surface area (Å²) in [4.78, 5) is 2.78. The maximum absolute atomic E-state index is 3.52. The van der Waals surface area contributed by atoms with Crippen molar-refractivity contribution in [1.82, 2.24) is 4.90 Å². The molecule has 1 saturated heterocycles. The second kappa shape index (κ2) is 5.40. The topological polar surface area (TPSA) is 15.3 Å². The standard InChI is InChI=1S/C18H26N2/c1-4-15-6-3-11-20(18(15)7-1)13-14-8-9-17-16(12-14)5-2-10-19-17/h8-9,12,15,18-19H,1-7,10-11,13H2. The molecular formula is C18H26N2.